The van der Waals surface area contributed by atoms with Crippen molar-refractivity contribution in [3.05, 3.63) is 65.4 Å². The third-order valence-electron chi connectivity index (χ3n) is 2.60. The van der Waals surface area contributed by atoms with Crippen molar-refractivity contribution in [2.75, 3.05) is 0 Å². The summed E-state index contributed by atoms with van der Waals surface area (Å²) < 4.78 is 0.791. The Kier molecular flexibility index (Phi) is 2.78. The van der Waals surface area contributed by atoms with Gasteiger partial charge in [-0.15, -0.1) is 11.3 Å². The highest BCUT2D eigenvalue weighted by Gasteiger charge is 2.08. The van der Waals surface area contributed by atoms with Crippen LogP contribution in [-0.2, 0) is 0 Å². The molecule has 0 aliphatic heterocycles. The first kappa shape index (κ1) is 10.9. The molecule has 3 nitrogen and oxygen atoms in total. The van der Waals surface area contributed by atoms with Crippen molar-refractivity contribution in [2.24, 2.45) is 0 Å². The highest BCUT2D eigenvalue weighted by Crippen LogP contribution is 2.27. The normalized spacial score (nSPS) is 10.4. The van der Waals surface area contributed by atoms with Gasteiger partial charge in [0.05, 0.1) is 11.3 Å². The van der Waals surface area contributed by atoms with Crippen LogP contribution in [-0.4, -0.2) is 4.98 Å². The van der Waals surface area contributed by atoms with Crippen LogP contribution >= 0.6 is 11.3 Å². The van der Waals surface area contributed by atoms with Gasteiger partial charge in [0.2, 0.25) is 0 Å². The summed E-state index contributed by atoms with van der Waals surface area (Å²) in [6.45, 7) is 0. The van der Waals surface area contributed by atoms with Crippen LogP contribution in [0.4, 0.5) is 0 Å². The zero-order valence-corrected chi connectivity index (χ0v) is 10.3. The van der Waals surface area contributed by atoms with Crippen molar-refractivity contribution in [3.63, 3.8) is 0 Å². The summed E-state index contributed by atoms with van der Waals surface area (Å²) in [6.07, 6.45) is 3.00. The van der Waals surface area contributed by atoms with E-state index in [-0.39, 0.29) is 0 Å². The molecule has 0 unspecified atom stereocenters. The molecule has 0 atom stereocenters. The van der Waals surface area contributed by atoms with E-state index in [0.29, 0.717) is 0 Å². The SMILES string of the molecule is [O-][n+]1cccc(-c2nc(-c3ccccc3)cs2)c1. The van der Waals surface area contributed by atoms with Crippen LogP contribution < -0.4 is 4.73 Å². The average molecular weight is 254 g/mol. The lowest BCUT2D eigenvalue weighted by atomic mass is 10.2. The number of hydrogen-bond donors (Lipinski definition) is 0. The number of rotatable bonds is 2. The monoisotopic (exact) mass is 254 g/mol. The summed E-state index contributed by atoms with van der Waals surface area (Å²) in [5.74, 6) is 0. The summed E-state index contributed by atoms with van der Waals surface area (Å²) >= 11 is 1.54. The number of aromatic nitrogens is 2. The number of pyridine rings is 1. The second-order valence-corrected chi connectivity index (χ2v) is 4.71. The second kappa shape index (κ2) is 4.58. The van der Waals surface area contributed by atoms with Gasteiger partial charge in [-0.05, 0) is 6.07 Å². The van der Waals surface area contributed by atoms with Gasteiger partial charge in [-0.2, -0.15) is 4.73 Å². The Labute approximate surface area is 109 Å². The molecule has 0 bridgehead atoms. The minimum atomic E-state index is 0.791. The Morgan fingerprint density at radius 2 is 1.78 bits per heavy atom. The first-order valence-electron chi connectivity index (χ1n) is 5.53. The summed E-state index contributed by atoms with van der Waals surface area (Å²) in [4.78, 5) is 4.56. The average Bonchev–Trinajstić information content (AvgIpc) is 2.89. The molecule has 1 aromatic carbocycles. The van der Waals surface area contributed by atoms with Crippen molar-refractivity contribution in [1.82, 2.24) is 4.98 Å². The molecule has 2 heterocycles. The van der Waals surface area contributed by atoms with Gasteiger partial charge < -0.3 is 5.21 Å². The Morgan fingerprint density at radius 3 is 2.56 bits per heavy atom. The van der Waals surface area contributed by atoms with Gasteiger partial charge in [-0.3, -0.25) is 0 Å². The maximum atomic E-state index is 11.2. The van der Waals surface area contributed by atoms with Crippen LogP contribution in [0.3, 0.4) is 0 Å². The van der Waals surface area contributed by atoms with Crippen molar-refractivity contribution in [2.45, 2.75) is 0 Å². The quantitative estimate of drug-likeness (QED) is 0.520. The Bertz CT molecular complexity index is 664. The van der Waals surface area contributed by atoms with E-state index in [0.717, 1.165) is 26.6 Å². The maximum Gasteiger partial charge on any atom is 0.190 e. The number of thiazole rings is 1. The van der Waals surface area contributed by atoms with Gasteiger partial charge in [0.25, 0.3) is 0 Å². The fraction of sp³-hybridized carbons (Fsp3) is 0. The van der Waals surface area contributed by atoms with Gasteiger partial charge >= 0.3 is 0 Å². The van der Waals surface area contributed by atoms with Crippen LogP contribution in [0.2, 0.25) is 0 Å². The standard InChI is InChI=1S/C14H10N2OS/c17-16-8-4-7-12(9-16)14-15-13(10-18-14)11-5-2-1-3-6-11/h1-10H. The van der Waals surface area contributed by atoms with Crippen LogP contribution in [0.25, 0.3) is 21.8 Å². The van der Waals surface area contributed by atoms with Gasteiger partial charge in [-0.1, -0.05) is 30.3 Å². The van der Waals surface area contributed by atoms with E-state index in [1.807, 2.05) is 41.8 Å². The molecule has 3 rings (SSSR count). The van der Waals surface area contributed by atoms with Crippen LogP contribution in [0.1, 0.15) is 0 Å². The molecule has 4 heteroatoms. The van der Waals surface area contributed by atoms with Gasteiger partial charge in [0.15, 0.2) is 12.4 Å². The molecule has 88 valence electrons. The largest absolute Gasteiger partial charge is 0.619 e. The van der Waals surface area contributed by atoms with Gasteiger partial charge in [0.1, 0.15) is 5.01 Å². The van der Waals surface area contributed by atoms with Crippen LogP contribution in [0, 0.1) is 5.21 Å². The van der Waals surface area contributed by atoms with Crippen molar-refractivity contribution < 1.29 is 4.73 Å². The molecular weight excluding hydrogens is 244 g/mol. The van der Waals surface area contributed by atoms with E-state index >= 15 is 0 Å². The zero-order valence-electron chi connectivity index (χ0n) is 9.48. The molecule has 0 spiro atoms. The van der Waals surface area contributed by atoms with Crippen molar-refractivity contribution in [3.8, 4) is 21.8 Å². The van der Waals surface area contributed by atoms with Crippen LogP contribution in [0.5, 0.6) is 0 Å². The first-order valence-corrected chi connectivity index (χ1v) is 6.41. The van der Waals surface area contributed by atoms with Crippen LogP contribution in [0.15, 0.2) is 60.2 Å². The molecule has 18 heavy (non-hydrogen) atoms. The maximum absolute atomic E-state index is 11.2. The Morgan fingerprint density at radius 1 is 1.00 bits per heavy atom. The fourth-order valence-electron chi connectivity index (χ4n) is 1.73. The number of benzene rings is 1. The minimum absolute atomic E-state index is 0.791. The molecule has 0 saturated carbocycles. The first-order chi connectivity index (χ1) is 8.83. The van der Waals surface area contributed by atoms with E-state index in [9.17, 15) is 5.21 Å². The summed E-state index contributed by atoms with van der Waals surface area (Å²) in [5.41, 5.74) is 2.88. The second-order valence-electron chi connectivity index (χ2n) is 3.86. The van der Waals surface area contributed by atoms with Crippen molar-refractivity contribution in [1.29, 1.82) is 0 Å². The molecule has 0 saturated heterocycles. The smallest absolute Gasteiger partial charge is 0.190 e. The lowest BCUT2D eigenvalue weighted by Crippen LogP contribution is -2.23. The van der Waals surface area contributed by atoms with Crippen molar-refractivity contribution >= 4 is 11.3 Å². The van der Waals surface area contributed by atoms with E-state index in [2.05, 4.69) is 4.98 Å². The van der Waals surface area contributed by atoms with E-state index in [1.165, 1.54) is 12.4 Å². The van der Waals surface area contributed by atoms with Gasteiger partial charge in [-0.25, -0.2) is 4.98 Å². The fourth-order valence-corrected chi connectivity index (χ4v) is 2.55. The lowest BCUT2D eigenvalue weighted by molar-refractivity contribution is -0.604. The Balaban J connectivity index is 2.00. The molecule has 0 fully saturated rings. The van der Waals surface area contributed by atoms with E-state index in [1.54, 1.807) is 17.4 Å². The van der Waals surface area contributed by atoms with Gasteiger partial charge in [0, 0.05) is 17.0 Å². The highest BCUT2D eigenvalue weighted by atomic mass is 32.1. The predicted octanol–water partition coefficient (Wildman–Crippen LogP) is 3.11. The molecular formula is C14H10N2OS. The minimum Gasteiger partial charge on any atom is -0.619 e. The van der Waals surface area contributed by atoms with E-state index < -0.39 is 0 Å². The zero-order chi connectivity index (χ0) is 12.4. The molecule has 0 amide bonds. The molecule has 2 aromatic heterocycles. The lowest BCUT2D eigenvalue weighted by Gasteiger charge is -1.97. The predicted molar refractivity (Wildman–Crippen MR) is 71.9 cm³/mol. The van der Waals surface area contributed by atoms with E-state index in [4.69, 9.17) is 0 Å². The molecule has 0 radical (unpaired) electrons. The summed E-state index contributed by atoms with van der Waals surface area (Å²) in [6, 6.07) is 13.6. The number of hydrogen-bond acceptors (Lipinski definition) is 3. The molecule has 3 aromatic rings. The molecule has 0 aliphatic rings. The summed E-state index contributed by atoms with van der Waals surface area (Å²) in [5, 5.41) is 14.1. The molecule has 0 N–H and O–H groups in total. The Hall–Kier alpha value is -2.20. The number of nitrogens with zero attached hydrogens (tertiary/aromatic N) is 2. The third-order valence-corrected chi connectivity index (χ3v) is 3.49. The topological polar surface area (TPSA) is 39.8 Å². The summed E-state index contributed by atoms with van der Waals surface area (Å²) in [7, 11) is 0. The third kappa shape index (κ3) is 2.10. The highest BCUT2D eigenvalue weighted by molar-refractivity contribution is 7.13. The molecule has 0 aliphatic carbocycles.